The van der Waals surface area contributed by atoms with Crippen molar-refractivity contribution < 1.29 is 29.6 Å². The van der Waals surface area contributed by atoms with Crippen LogP contribution in [0.25, 0.3) is 0 Å². The number of aromatic hydroxyl groups is 2. The van der Waals surface area contributed by atoms with E-state index < -0.39 is 5.97 Å². The standard InChI is InChI=1S/C23H20N2O6/c1-30-19-7-3-5-15(21(19)26)12-24-17-10-9-14(23(28)29)11-18(17)25-13-16-6-4-8-20(31-2)22(16)27/h3-13,26-27H,1-2H3,(H,28,29). The molecule has 3 rings (SSSR count). The molecule has 3 N–H and O–H groups in total. The second-order valence-corrected chi connectivity index (χ2v) is 6.32. The van der Waals surface area contributed by atoms with Crippen molar-refractivity contribution in [3.8, 4) is 23.0 Å². The molecule has 158 valence electrons. The van der Waals surface area contributed by atoms with E-state index in [4.69, 9.17) is 9.47 Å². The molecule has 3 aromatic carbocycles. The highest BCUT2D eigenvalue weighted by molar-refractivity contribution is 5.94. The zero-order valence-corrected chi connectivity index (χ0v) is 16.8. The predicted octanol–water partition coefficient (Wildman–Crippen LogP) is 4.31. The van der Waals surface area contributed by atoms with Crippen molar-refractivity contribution in [3.63, 3.8) is 0 Å². The third-order valence-electron chi connectivity index (χ3n) is 4.41. The summed E-state index contributed by atoms with van der Waals surface area (Å²) in [5.74, 6) is -0.676. The number of para-hydroxylation sites is 2. The largest absolute Gasteiger partial charge is 0.504 e. The number of phenolic OH excluding ortho intramolecular Hbond substituents is 2. The Hall–Kier alpha value is -4.33. The topological polar surface area (TPSA) is 121 Å². The molecule has 0 fully saturated rings. The number of phenols is 2. The van der Waals surface area contributed by atoms with E-state index in [1.54, 1.807) is 36.4 Å². The lowest BCUT2D eigenvalue weighted by molar-refractivity contribution is 0.0697. The first-order valence-electron chi connectivity index (χ1n) is 9.12. The summed E-state index contributed by atoms with van der Waals surface area (Å²) in [6.07, 6.45) is 2.82. The molecule has 0 aliphatic heterocycles. The molecular weight excluding hydrogens is 400 g/mol. The molecule has 0 radical (unpaired) electrons. The van der Waals surface area contributed by atoms with Crippen LogP contribution >= 0.6 is 0 Å². The number of methoxy groups -OCH3 is 2. The Labute approximate surface area is 178 Å². The summed E-state index contributed by atoms with van der Waals surface area (Å²) in [6, 6.07) is 14.2. The van der Waals surface area contributed by atoms with E-state index in [1.165, 1.54) is 44.8 Å². The molecule has 0 spiro atoms. The number of carbonyl (C=O) groups is 1. The lowest BCUT2D eigenvalue weighted by Gasteiger charge is -2.07. The second-order valence-electron chi connectivity index (χ2n) is 6.32. The van der Waals surface area contributed by atoms with E-state index in [-0.39, 0.29) is 28.5 Å². The molecule has 31 heavy (non-hydrogen) atoms. The van der Waals surface area contributed by atoms with Crippen molar-refractivity contribution in [2.75, 3.05) is 14.2 Å². The van der Waals surface area contributed by atoms with E-state index in [2.05, 4.69) is 9.98 Å². The molecule has 0 saturated heterocycles. The summed E-state index contributed by atoms with van der Waals surface area (Å²) in [6.45, 7) is 0. The number of hydrogen-bond donors (Lipinski definition) is 3. The Morgan fingerprint density at radius 2 is 1.32 bits per heavy atom. The molecule has 0 amide bonds. The molecule has 0 saturated carbocycles. The Bertz CT molecular complexity index is 1170. The Morgan fingerprint density at radius 3 is 1.81 bits per heavy atom. The summed E-state index contributed by atoms with van der Waals surface area (Å²) in [4.78, 5) is 20.0. The monoisotopic (exact) mass is 420 g/mol. The normalized spacial score (nSPS) is 11.2. The minimum Gasteiger partial charge on any atom is -0.504 e. The zero-order valence-electron chi connectivity index (χ0n) is 16.8. The number of benzene rings is 3. The first-order chi connectivity index (χ1) is 14.9. The van der Waals surface area contributed by atoms with Gasteiger partial charge < -0.3 is 24.8 Å². The summed E-state index contributed by atoms with van der Waals surface area (Å²) >= 11 is 0. The fraction of sp³-hybridized carbons (Fsp3) is 0.0870. The van der Waals surface area contributed by atoms with Gasteiger partial charge in [0.25, 0.3) is 0 Å². The highest BCUT2D eigenvalue weighted by Gasteiger charge is 2.10. The van der Waals surface area contributed by atoms with Gasteiger partial charge in [-0.1, -0.05) is 12.1 Å². The molecule has 8 heteroatoms. The Kier molecular flexibility index (Phi) is 6.51. The highest BCUT2D eigenvalue weighted by Crippen LogP contribution is 2.33. The molecule has 3 aromatic rings. The summed E-state index contributed by atoms with van der Waals surface area (Å²) in [7, 11) is 2.88. The maximum atomic E-state index is 11.4. The van der Waals surface area contributed by atoms with Crippen molar-refractivity contribution in [3.05, 3.63) is 71.3 Å². The van der Waals surface area contributed by atoms with Crippen LogP contribution in [0.15, 0.2) is 64.6 Å². The number of rotatable bonds is 7. The summed E-state index contributed by atoms with van der Waals surface area (Å²) in [5.41, 5.74) is 1.47. The average Bonchev–Trinajstić information content (AvgIpc) is 2.78. The fourth-order valence-electron chi connectivity index (χ4n) is 2.76. The van der Waals surface area contributed by atoms with Crippen LogP contribution in [0.5, 0.6) is 23.0 Å². The minimum atomic E-state index is -1.11. The maximum Gasteiger partial charge on any atom is 0.335 e. The summed E-state index contributed by atoms with van der Waals surface area (Å²) in [5, 5.41) is 29.8. The Morgan fingerprint density at radius 1 is 0.806 bits per heavy atom. The van der Waals surface area contributed by atoms with Gasteiger partial charge in [0.1, 0.15) is 0 Å². The molecule has 0 heterocycles. The van der Waals surface area contributed by atoms with Gasteiger partial charge in [0.05, 0.1) is 31.2 Å². The Balaban J connectivity index is 2.02. The highest BCUT2D eigenvalue weighted by atomic mass is 16.5. The number of nitrogens with zero attached hydrogens (tertiary/aromatic N) is 2. The number of aromatic carboxylic acids is 1. The lowest BCUT2D eigenvalue weighted by atomic mass is 10.1. The van der Waals surface area contributed by atoms with Crippen LogP contribution in [0, 0.1) is 0 Å². The molecular formula is C23H20N2O6. The van der Waals surface area contributed by atoms with Crippen LogP contribution in [-0.2, 0) is 0 Å². The van der Waals surface area contributed by atoms with Gasteiger partial charge in [0, 0.05) is 23.6 Å². The number of carboxylic acids is 1. The number of aliphatic imine (C=N–C) groups is 2. The van der Waals surface area contributed by atoms with Crippen molar-refractivity contribution in [2.45, 2.75) is 0 Å². The third-order valence-corrected chi connectivity index (χ3v) is 4.41. The van der Waals surface area contributed by atoms with E-state index in [0.29, 0.717) is 22.6 Å². The van der Waals surface area contributed by atoms with Crippen LogP contribution in [0.3, 0.4) is 0 Å². The molecule has 0 aromatic heterocycles. The smallest absolute Gasteiger partial charge is 0.335 e. The first-order valence-corrected chi connectivity index (χ1v) is 9.12. The first kappa shape index (κ1) is 21.4. The van der Waals surface area contributed by atoms with Crippen LogP contribution in [-0.4, -0.2) is 47.9 Å². The molecule has 0 aliphatic carbocycles. The summed E-state index contributed by atoms with van der Waals surface area (Å²) < 4.78 is 10.2. The van der Waals surface area contributed by atoms with Crippen LogP contribution in [0.1, 0.15) is 21.5 Å². The molecule has 0 atom stereocenters. The number of ether oxygens (including phenoxy) is 2. The van der Waals surface area contributed by atoms with Gasteiger partial charge in [0.15, 0.2) is 23.0 Å². The van der Waals surface area contributed by atoms with Crippen LogP contribution in [0.2, 0.25) is 0 Å². The van der Waals surface area contributed by atoms with E-state index in [1.807, 2.05) is 0 Å². The van der Waals surface area contributed by atoms with Gasteiger partial charge in [-0.2, -0.15) is 0 Å². The SMILES string of the molecule is COc1cccc(C=Nc2ccc(C(=O)O)cc2N=Cc2cccc(OC)c2O)c1O. The van der Waals surface area contributed by atoms with Gasteiger partial charge in [-0.3, -0.25) is 9.98 Å². The van der Waals surface area contributed by atoms with Gasteiger partial charge in [-0.25, -0.2) is 4.79 Å². The maximum absolute atomic E-state index is 11.4. The quantitative estimate of drug-likeness (QED) is 0.490. The average molecular weight is 420 g/mol. The molecule has 0 unspecified atom stereocenters. The second kappa shape index (κ2) is 9.45. The van der Waals surface area contributed by atoms with E-state index in [9.17, 15) is 20.1 Å². The fourth-order valence-corrected chi connectivity index (χ4v) is 2.76. The van der Waals surface area contributed by atoms with Crippen molar-refractivity contribution >= 4 is 29.8 Å². The van der Waals surface area contributed by atoms with Gasteiger partial charge in [0.2, 0.25) is 0 Å². The van der Waals surface area contributed by atoms with E-state index >= 15 is 0 Å². The van der Waals surface area contributed by atoms with Crippen molar-refractivity contribution in [2.24, 2.45) is 9.98 Å². The third kappa shape index (κ3) is 4.81. The lowest BCUT2D eigenvalue weighted by Crippen LogP contribution is -1.95. The van der Waals surface area contributed by atoms with E-state index in [0.717, 1.165) is 0 Å². The minimum absolute atomic E-state index is 0.0326. The van der Waals surface area contributed by atoms with Gasteiger partial charge >= 0.3 is 5.97 Å². The zero-order chi connectivity index (χ0) is 22.4. The molecule has 8 nitrogen and oxygen atoms in total. The number of carboxylic acid groups (broad SMARTS) is 1. The number of hydrogen-bond acceptors (Lipinski definition) is 7. The van der Waals surface area contributed by atoms with Gasteiger partial charge in [-0.15, -0.1) is 0 Å². The van der Waals surface area contributed by atoms with Crippen LogP contribution in [0.4, 0.5) is 11.4 Å². The van der Waals surface area contributed by atoms with Crippen LogP contribution < -0.4 is 9.47 Å². The van der Waals surface area contributed by atoms with Crippen molar-refractivity contribution in [1.82, 2.24) is 0 Å². The van der Waals surface area contributed by atoms with Gasteiger partial charge in [-0.05, 0) is 42.5 Å². The molecule has 0 bridgehead atoms. The molecule has 0 aliphatic rings. The van der Waals surface area contributed by atoms with Crippen molar-refractivity contribution in [1.29, 1.82) is 0 Å². The predicted molar refractivity (Wildman–Crippen MR) is 117 cm³/mol.